The number of nitro groups is 1. The van der Waals surface area contributed by atoms with Crippen LogP contribution in [0.5, 0.6) is 0 Å². The first kappa shape index (κ1) is 27.0. The summed E-state index contributed by atoms with van der Waals surface area (Å²) in [6.45, 7) is 4.30. The SMILES string of the molecule is C.CC(C)CCN1[C@@H](CC=O)[C@@H]([N+](=O)[O-])[C@H](c2cccc(Cl)c2F)[C@]12C(=O)Nc1cc(Cl)ccc12. The van der Waals surface area contributed by atoms with E-state index in [1.165, 1.54) is 18.2 Å². The van der Waals surface area contributed by atoms with Crippen molar-refractivity contribution in [2.24, 2.45) is 5.92 Å². The van der Waals surface area contributed by atoms with Crippen LogP contribution in [0.1, 0.15) is 51.2 Å². The Balaban J connectivity index is 0.00000342. The summed E-state index contributed by atoms with van der Waals surface area (Å²) >= 11 is 12.2. The lowest BCUT2D eigenvalue weighted by atomic mass is 9.73. The normalized spacial score (nSPS) is 25.4. The minimum atomic E-state index is -1.62. The van der Waals surface area contributed by atoms with Crippen molar-refractivity contribution in [2.75, 3.05) is 11.9 Å². The average Bonchev–Trinajstić information content (AvgIpc) is 3.21. The van der Waals surface area contributed by atoms with Crippen LogP contribution in [-0.2, 0) is 15.1 Å². The lowest BCUT2D eigenvalue weighted by Gasteiger charge is -2.38. The summed E-state index contributed by atoms with van der Waals surface area (Å²) in [5.41, 5.74) is -0.773. The molecule has 4 atom stereocenters. The molecule has 0 aliphatic carbocycles. The van der Waals surface area contributed by atoms with Crippen molar-refractivity contribution in [2.45, 2.75) is 57.7 Å². The van der Waals surface area contributed by atoms with E-state index < -0.39 is 40.2 Å². The number of carbonyl (C=O) groups is 2. The molecule has 1 spiro atoms. The molecule has 1 fully saturated rings. The lowest BCUT2D eigenvalue weighted by Crippen LogP contribution is -2.52. The van der Waals surface area contributed by atoms with Crippen molar-refractivity contribution < 1.29 is 18.9 Å². The van der Waals surface area contributed by atoms with Crippen molar-refractivity contribution in [3.63, 3.8) is 0 Å². The maximum atomic E-state index is 15.5. The summed E-state index contributed by atoms with van der Waals surface area (Å²) < 4.78 is 15.5. The Morgan fingerprint density at radius 1 is 1.29 bits per heavy atom. The van der Waals surface area contributed by atoms with Crippen molar-refractivity contribution in [1.29, 1.82) is 0 Å². The Morgan fingerprint density at radius 3 is 2.63 bits per heavy atom. The number of halogens is 3. The van der Waals surface area contributed by atoms with Gasteiger partial charge in [0.1, 0.15) is 17.6 Å². The van der Waals surface area contributed by atoms with Gasteiger partial charge in [0.2, 0.25) is 6.04 Å². The molecule has 0 saturated carbocycles. The molecular weight excluding hydrogens is 496 g/mol. The molecule has 35 heavy (non-hydrogen) atoms. The van der Waals surface area contributed by atoms with Crippen LogP contribution in [0.15, 0.2) is 36.4 Å². The zero-order valence-corrected chi connectivity index (χ0v) is 20.1. The van der Waals surface area contributed by atoms with E-state index in [2.05, 4.69) is 5.32 Å². The minimum Gasteiger partial charge on any atom is -0.324 e. The highest BCUT2D eigenvalue weighted by Gasteiger charge is 2.71. The number of nitrogens with zero attached hydrogens (tertiary/aromatic N) is 2. The first-order valence-electron chi connectivity index (χ1n) is 11.0. The van der Waals surface area contributed by atoms with Gasteiger partial charge in [0.25, 0.3) is 5.91 Å². The van der Waals surface area contributed by atoms with Gasteiger partial charge in [0, 0.05) is 39.7 Å². The quantitative estimate of drug-likeness (QED) is 0.287. The number of amides is 1. The summed E-state index contributed by atoms with van der Waals surface area (Å²) in [6, 6.07) is 6.74. The maximum Gasteiger partial charge on any atom is 0.250 e. The molecular formula is C25H28Cl2FN3O4. The highest BCUT2D eigenvalue weighted by atomic mass is 35.5. The van der Waals surface area contributed by atoms with Gasteiger partial charge < -0.3 is 10.1 Å². The zero-order valence-electron chi connectivity index (χ0n) is 18.6. The first-order valence-corrected chi connectivity index (χ1v) is 11.8. The molecule has 2 aromatic rings. The van der Waals surface area contributed by atoms with Gasteiger partial charge in [-0.1, -0.05) is 62.7 Å². The highest BCUT2D eigenvalue weighted by Crippen LogP contribution is 2.58. The highest BCUT2D eigenvalue weighted by molar-refractivity contribution is 6.31. The smallest absolute Gasteiger partial charge is 0.250 e. The van der Waals surface area contributed by atoms with E-state index in [4.69, 9.17) is 23.2 Å². The second-order valence-corrected chi connectivity index (χ2v) is 10.00. The molecule has 1 N–H and O–H groups in total. The van der Waals surface area contributed by atoms with E-state index in [1.807, 2.05) is 13.8 Å². The molecule has 0 bridgehead atoms. The maximum absolute atomic E-state index is 15.5. The van der Waals surface area contributed by atoms with Gasteiger partial charge in [-0.05, 0) is 30.5 Å². The Labute approximate surface area is 213 Å². The lowest BCUT2D eigenvalue weighted by molar-refractivity contribution is -0.528. The van der Waals surface area contributed by atoms with Gasteiger partial charge >= 0.3 is 0 Å². The zero-order chi connectivity index (χ0) is 24.8. The first-order chi connectivity index (χ1) is 16.1. The molecule has 1 amide bonds. The average molecular weight is 524 g/mol. The van der Waals surface area contributed by atoms with E-state index in [-0.39, 0.29) is 30.4 Å². The third-order valence-electron chi connectivity index (χ3n) is 6.87. The Hall–Kier alpha value is -2.55. The van der Waals surface area contributed by atoms with Crippen molar-refractivity contribution in [1.82, 2.24) is 4.90 Å². The number of benzene rings is 2. The van der Waals surface area contributed by atoms with Gasteiger partial charge in [-0.15, -0.1) is 0 Å². The molecule has 10 heteroatoms. The molecule has 2 aromatic carbocycles. The summed E-state index contributed by atoms with van der Waals surface area (Å²) in [5, 5.41) is 15.5. The summed E-state index contributed by atoms with van der Waals surface area (Å²) in [5.74, 6) is -2.34. The van der Waals surface area contributed by atoms with Gasteiger partial charge in [-0.2, -0.15) is 0 Å². The molecule has 2 aliphatic rings. The summed E-state index contributed by atoms with van der Waals surface area (Å²) in [7, 11) is 0. The molecule has 188 valence electrons. The predicted molar refractivity (Wildman–Crippen MR) is 134 cm³/mol. The predicted octanol–water partition coefficient (Wildman–Crippen LogP) is 5.66. The van der Waals surface area contributed by atoms with Crippen LogP contribution < -0.4 is 5.32 Å². The minimum absolute atomic E-state index is 0. The number of hydrogen-bond acceptors (Lipinski definition) is 5. The second-order valence-electron chi connectivity index (χ2n) is 9.15. The fraction of sp³-hybridized carbons (Fsp3) is 0.440. The van der Waals surface area contributed by atoms with Gasteiger partial charge in [-0.25, -0.2) is 4.39 Å². The standard InChI is InChI=1S/C24H24Cl2FN3O4.CH4/c1-13(2)8-10-29-19(9-11-31)22(30(33)34)20(15-4-3-5-17(26)21(15)27)24(29)16-7-6-14(25)12-18(16)28-23(24)32;/h3-7,11-13,19-20,22H,8-10H2,1-2H3,(H,28,32);1H4/t19-,20-,22+,24+;/m0./s1. The number of nitrogens with one attached hydrogen (secondary N) is 1. The number of rotatable bonds is 7. The number of likely N-dealkylation sites (tertiary alicyclic amines) is 1. The molecule has 0 aromatic heterocycles. The number of fused-ring (bicyclic) bond motifs is 2. The Morgan fingerprint density at radius 2 is 2.00 bits per heavy atom. The Bertz CT molecular complexity index is 1160. The van der Waals surface area contributed by atoms with Crippen LogP contribution in [0, 0.1) is 21.8 Å². The van der Waals surface area contributed by atoms with Gasteiger partial charge in [0.15, 0.2) is 0 Å². The van der Waals surface area contributed by atoms with Crippen molar-refractivity contribution >= 4 is 41.1 Å². The summed E-state index contributed by atoms with van der Waals surface area (Å²) in [6.07, 6.45) is 1.05. The fourth-order valence-corrected chi connectivity index (χ4v) is 5.87. The van der Waals surface area contributed by atoms with E-state index in [1.54, 1.807) is 23.1 Å². The number of anilines is 1. The third kappa shape index (κ3) is 4.21. The largest absolute Gasteiger partial charge is 0.324 e. The summed E-state index contributed by atoms with van der Waals surface area (Å²) in [4.78, 5) is 39.3. The van der Waals surface area contributed by atoms with Crippen LogP contribution in [0.2, 0.25) is 10.0 Å². The third-order valence-corrected chi connectivity index (χ3v) is 7.40. The molecule has 1 saturated heterocycles. The van der Waals surface area contributed by atoms with E-state index >= 15 is 4.39 Å². The fourth-order valence-electron chi connectivity index (χ4n) is 5.52. The topological polar surface area (TPSA) is 92.6 Å². The van der Waals surface area contributed by atoms with Crippen LogP contribution in [0.4, 0.5) is 10.1 Å². The molecule has 2 heterocycles. The van der Waals surface area contributed by atoms with E-state index in [0.29, 0.717) is 35.5 Å². The van der Waals surface area contributed by atoms with Crippen LogP contribution in [-0.4, -0.2) is 40.6 Å². The van der Waals surface area contributed by atoms with Crippen LogP contribution >= 0.6 is 23.2 Å². The second kappa shape index (κ2) is 10.2. The monoisotopic (exact) mass is 523 g/mol. The van der Waals surface area contributed by atoms with E-state index in [9.17, 15) is 19.7 Å². The molecule has 7 nitrogen and oxygen atoms in total. The van der Waals surface area contributed by atoms with Crippen LogP contribution in [0.25, 0.3) is 0 Å². The number of aldehydes is 1. The molecule has 4 rings (SSSR count). The van der Waals surface area contributed by atoms with E-state index in [0.717, 1.165) is 0 Å². The number of carbonyl (C=O) groups excluding carboxylic acids is 2. The Kier molecular flexibility index (Phi) is 7.89. The van der Waals surface area contributed by atoms with Crippen LogP contribution in [0.3, 0.4) is 0 Å². The van der Waals surface area contributed by atoms with Crippen molar-refractivity contribution in [3.05, 3.63) is 73.5 Å². The molecule has 0 radical (unpaired) electrons. The van der Waals surface area contributed by atoms with Gasteiger partial charge in [0.05, 0.1) is 17.0 Å². The number of hydrogen-bond donors (Lipinski definition) is 1. The molecule has 0 unspecified atom stereocenters. The molecule has 2 aliphatic heterocycles. The van der Waals surface area contributed by atoms with Gasteiger partial charge in [-0.3, -0.25) is 19.8 Å². The van der Waals surface area contributed by atoms with Crippen molar-refractivity contribution in [3.8, 4) is 0 Å².